The van der Waals surface area contributed by atoms with E-state index >= 15 is 0 Å². The van der Waals surface area contributed by atoms with Crippen molar-refractivity contribution in [1.29, 1.82) is 0 Å². The molecule has 6 nitrogen and oxygen atoms in total. The summed E-state index contributed by atoms with van der Waals surface area (Å²) in [5.74, 6) is -1.18. The van der Waals surface area contributed by atoms with Crippen molar-refractivity contribution < 1.29 is 13.6 Å². The van der Waals surface area contributed by atoms with Crippen LogP contribution >= 0.6 is 11.8 Å². The van der Waals surface area contributed by atoms with Crippen LogP contribution in [0.1, 0.15) is 5.56 Å². The number of benzene rings is 3. The molecule has 4 rings (SSSR count). The SMILES string of the molecule is O=C(CSc1nnc(-c2ccccc2)n1-c1ccccc1)N/N=C/c1ccc(F)cc1F. The average molecular weight is 449 g/mol. The minimum atomic E-state index is -0.762. The highest BCUT2D eigenvalue weighted by Gasteiger charge is 2.17. The lowest BCUT2D eigenvalue weighted by Gasteiger charge is -2.10. The van der Waals surface area contributed by atoms with Gasteiger partial charge in [-0.1, -0.05) is 60.3 Å². The molecule has 0 aliphatic carbocycles. The molecule has 0 fully saturated rings. The molecule has 160 valence electrons. The van der Waals surface area contributed by atoms with E-state index in [-0.39, 0.29) is 11.3 Å². The second-order valence-electron chi connectivity index (χ2n) is 6.59. The lowest BCUT2D eigenvalue weighted by Crippen LogP contribution is -2.20. The first-order chi connectivity index (χ1) is 15.6. The lowest BCUT2D eigenvalue weighted by molar-refractivity contribution is -0.118. The summed E-state index contributed by atoms with van der Waals surface area (Å²) in [7, 11) is 0. The molecule has 0 aliphatic heterocycles. The quantitative estimate of drug-likeness (QED) is 0.257. The molecule has 9 heteroatoms. The Morgan fingerprint density at radius 3 is 2.44 bits per heavy atom. The number of amides is 1. The molecule has 0 saturated heterocycles. The number of rotatable bonds is 7. The van der Waals surface area contributed by atoms with Crippen molar-refractivity contribution in [1.82, 2.24) is 20.2 Å². The molecule has 32 heavy (non-hydrogen) atoms. The molecule has 1 amide bonds. The predicted molar refractivity (Wildman–Crippen MR) is 120 cm³/mol. The summed E-state index contributed by atoms with van der Waals surface area (Å²) in [5, 5.41) is 12.9. The van der Waals surface area contributed by atoms with E-state index in [9.17, 15) is 13.6 Å². The van der Waals surface area contributed by atoms with Gasteiger partial charge in [0.1, 0.15) is 11.6 Å². The van der Waals surface area contributed by atoms with E-state index in [4.69, 9.17) is 0 Å². The minimum Gasteiger partial charge on any atom is -0.272 e. The molecule has 0 saturated carbocycles. The van der Waals surface area contributed by atoms with E-state index in [0.717, 1.165) is 29.6 Å². The summed E-state index contributed by atoms with van der Waals surface area (Å²) < 4.78 is 28.5. The van der Waals surface area contributed by atoms with Crippen LogP contribution in [0.2, 0.25) is 0 Å². The van der Waals surface area contributed by atoms with Crippen molar-refractivity contribution in [2.45, 2.75) is 5.16 Å². The molecule has 0 spiro atoms. The second kappa shape index (κ2) is 9.97. The molecular formula is C23H17F2N5OS. The fourth-order valence-electron chi connectivity index (χ4n) is 2.89. The number of carbonyl (C=O) groups is 1. The van der Waals surface area contributed by atoms with E-state index in [0.29, 0.717) is 11.0 Å². The zero-order valence-electron chi connectivity index (χ0n) is 16.7. The van der Waals surface area contributed by atoms with Crippen LogP contribution in [-0.2, 0) is 4.79 Å². The highest BCUT2D eigenvalue weighted by atomic mass is 32.2. The third-order valence-electron chi connectivity index (χ3n) is 4.37. The zero-order valence-corrected chi connectivity index (χ0v) is 17.5. The van der Waals surface area contributed by atoms with Gasteiger partial charge in [-0.05, 0) is 24.3 Å². The number of hydrogen-bond acceptors (Lipinski definition) is 5. The number of nitrogens with zero attached hydrogens (tertiary/aromatic N) is 4. The van der Waals surface area contributed by atoms with Crippen LogP contribution < -0.4 is 5.43 Å². The second-order valence-corrected chi connectivity index (χ2v) is 7.53. The first-order valence-corrected chi connectivity index (χ1v) is 10.6. The number of hydrogen-bond donors (Lipinski definition) is 1. The van der Waals surface area contributed by atoms with Gasteiger partial charge in [-0.25, -0.2) is 14.2 Å². The van der Waals surface area contributed by atoms with E-state index < -0.39 is 17.5 Å². The van der Waals surface area contributed by atoms with Gasteiger partial charge in [-0.2, -0.15) is 5.10 Å². The van der Waals surface area contributed by atoms with Crippen molar-refractivity contribution in [2.24, 2.45) is 5.10 Å². The summed E-state index contributed by atoms with van der Waals surface area (Å²) in [6.45, 7) is 0. The van der Waals surface area contributed by atoms with Gasteiger partial charge >= 0.3 is 0 Å². The largest absolute Gasteiger partial charge is 0.272 e. The van der Waals surface area contributed by atoms with Crippen molar-refractivity contribution >= 4 is 23.9 Å². The van der Waals surface area contributed by atoms with Gasteiger partial charge in [0.2, 0.25) is 0 Å². The van der Waals surface area contributed by atoms with Crippen molar-refractivity contribution in [3.63, 3.8) is 0 Å². The van der Waals surface area contributed by atoms with Crippen molar-refractivity contribution in [3.8, 4) is 17.1 Å². The fraction of sp³-hybridized carbons (Fsp3) is 0.0435. The van der Waals surface area contributed by atoms with Gasteiger partial charge in [-0.15, -0.1) is 10.2 Å². The van der Waals surface area contributed by atoms with E-state index in [1.54, 1.807) is 0 Å². The highest BCUT2D eigenvalue weighted by Crippen LogP contribution is 2.27. The Morgan fingerprint density at radius 1 is 1.00 bits per heavy atom. The van der Waals surface area contributed by atoms with E-state index in [1.165, 1.54) is 17.8 Å². The molecular weight excluding hydrogens is 432 g/mol. The minimum absolute atomic E-state index is 0.0169. The summed E-state index contributed by atoms with van der Waals surface area (Å²) in [5.41, 5.74) is 4.16. The molecule has 0 bridgehead atoms. The summed E-state index contributed by atoms with van der Waals surface area (Å²) >= 11 is 1.20. The molecule has 0 radical (unpaired) electrons. The van der Waals surface area contributed by atoms with Crippen molar-refractivity contribution in [3.05, 3.63) is 96.1 Å². The van der Waals surface area contributed by atoms with Gasteiger partial charge in [0.05, 0.1) is 12.0 Å². The fourth-order valence-corrected chi connectivity index (χ4v) is 3.63. The maximum absolute atomic E-state index is 13.6. The summed E-state index contributed by atoms with van der Waals surface area (Å²) in [6.07, 6.45) is 1.12. The average Bonchev–Trinajstić information content (AvgIpc) is 3.24. The van der Waals surface area contributed by atoms with Crippen LogP contribution in [0.4, 0.5) is 8.78 Å². The van der Waals surface area contributed by atoms with Crippen molar-refractivity contribution in [2.75, 3.05) is 5.75 Å². The Bertz CT molecular complexity index is 1250. The molecule has 4 aromatic rings. The molecule has 0 aliphatic rings. The molecule has 1 aromatic heterocycles. The van der Waals surface area contributed by atoms with Gasteiger partial charge in [-0.3, -0.25) is 9.36 Å². The molecule has 0 atom stereocenters. The number of para-hydroxylation sites is 1. The predicted octanol–water partition coefficient (Wildman–Crippen LogP) is 4.45. The van der Waals surface area contributed by atoms with E-state index in [2.05, 4.69) is 20.7 Å². The smallest absolute Gasteiger partial charge is 0.250 e. The topological polar surface area (TPSA) is 72.2 Å². The van der Waals surface area contributed by atoms with Crippen LogP contribution in [0.5, 0.6) is 0 Å². The Kier molecular flexibility index (Phi) is 6.66. The standard InChI is InChI=1S/C23H17F2N5OS/c24-18-12-11-17(20(25)13-18)14-26-27-21(31)15-32-23-29-28-22(16-7-3-1-4-8-16)30(23)19-9-5-2-6-10-19/h1-14H,15H2,(H,27,31)/b26-14+. The third kappa shape index (κ3) is 5.06. The highest BCUT2D eigenvalue weighted by molar-refractivity contribution is 7.99. The molecule has 0 unspecified atom stereocenters. The number of thioether (sulfide) groups is 1. The molecule has 3 aromatic carbocycles. The van der Waals surface area contributed by atoms with Gasteiger partial charge in [0, 0.05) is 22.9 Å². The van der Waals surface area contributed by atoms with Crippen LogP contribution in [0.15, 0.2) is 89.1 Å². The number of carbonyl (C=O) groups excluding carboxylic acids is 1. The van der Waals surface area contributed by atoms with Gasteiger partial charge < -0.3 is 0 Å². The number of hydrazone groups is 1. The normalized spacial score (nSPS) is 11.1. The van der Waals surface area contributed by atoms with E-state index in [1.807, 2.05) is 65.2 Å². The maximum Gasteiger partial charge on any atom is 0.250 e. The first-order valence-electron chi connectivity index (χ1n) is 9.58. The Balaban J connectivity index is 1.48. The Morgan fingerprint density at radius 2 is 1.72 bits per heavy atom. The van der Waals surface area contributed by atoms with Gasteiger partial charge in [0.25, 0.3) is 5.91 Å². The zero-order chi connectivity index (χ0) is 22.3. The third-order valence-corrected chi connectivity index (χ3v) is 5.30. The molecule has 1 heterocycles. The molecule has 1 N–H and O–H groups in total. The number of nitrogens with one attached hydrogen (secondary N) is 1. The van der Waals surface area contributed by atoms with Crippen LogP contribution in [0.3, 0.4) is 0 Å². The van der Waals surface area contributed by atoms with Crippen LogP contribution in [0.25, 0.3) is 17.1 Å². The summed E-state index contributed by atoms with van der Waals surface area (Å²) in [6, 6.07) is 22.3. The lowest BCUT2D eigenvalue weighted by atomic mass is 10.2. The Labute approximate surface area is 187 Å². The Hall–Kier alpha value is -3.85. The summed E-state index contributed by atoms with van der Waals surface area (Å²) in [4.78, 5) is 12.2. The van der Waals surface area contributed by atoms with Crippen LogP contribution in [0, 0.1) is 11.6 Å². The number of halogens is 2. The first kappa shape index (κ1) is 21.4. The van der Waals surface area contributed by atoms with Crippen LogP contribution in [-0.4, -0.2) is 32.6 Å². The maximum atomic E-state index is 13.6. The van der Waals surface area contributed by atoms with Gasteiger partial charge in [0.15, 0.2) is 11.0 Å². The monoisotopic (exact) mass is 449 g/mol. The number of aromatic nitrogens is 3.